The van der Waals surface area contributed by atoms with Crippen LogP contribution in [0.4, 0.5) is 0 Å². The molecule has 0 heterocycles. The molecule has 0 spiro atoms. The first-order valence-corrected chi connectivity index (χ1v) is 8.32. The SMILES string of the molecule is CCOP(=O)(Cc1cc[c]cc1)OCc1ccccc1. The highest BCUT2D eigenvalue weighted by Crippen LogP contribution is 2.51. The van der Waals surface area contributed by atoms with Crippen molar-refractivity contribution in [2.24, 2.45) is 0 Å². The third-order valence-corrected chi connectivity index (χ3v) is 4.69. The summed E-state index contributed by atoms with van der Waals surface area (Å²) in [6, 6.07) is 19.9. The summed E-state index contributed by atoms with van der Waals surface area (Å²) in [6.07, 6.45) is 0.280. The van der Waals surface area contributed by atoms with Crippen molar-refractivity contribution in [3.63, 3.8) is 0 Å². The van der Waals surface area contributed by atoms with Crippen molar-refractivity contribution < 1.29 is 13.6 Å². The maximum Gasteiger partial charge on any atom is 0.335 e. The number of hydrogen-bond donors (Lipinski definition) is 0. The van der Waals surface area contributed by atoms with Crippen LogP contribution in [0, 0.1) is 6.07 Å². The highest BCUT2D eigenvalue weighted by atomic mass is 31.2. The Bertz CT molecular complexity index is 554. The predicted molar refractivity (Wildman–Crippen MR) is 79.4 cm³/mol. The fourth-order valence-corrected chi connectivity index (χ4v) is 3.48. The van der Waals surface area contributed by atoms with Gasteiger partial charge in [-0.1, -0.05) is 54.6 Å². The van der Waals surface area contributed by atoms with Gasteiger partial charge in [0.2, 0.25) is 0 Å². The van der Waals surface area contributed by atoms with Crippen LogP contribution in [0.25, 0.3) is 0 Å². The van der Waals surface area contributed by atoms with E-state index < -0.39 is 7.60 Å². The van der Waals surface area contributed by atoms with Crippen LogP contribution in [0.1, 0.15) is 18.1 Å². The summed E-state index contributed by atoms with van der Waals surface area (Å²) in [4.78, 5) is 0. The Kier molecular flexibility index (Phi) is 5.54. The lowest BCUT2D eigenvalue weighted by Crippen LogP contribution is -1.99. The quantitative estimate of drug-likeness (QED) is 0.707. The highest BCUT2D eigenvalue weighted by Gasteiger charge is 2.24. The van der Waals surface area contributed by atoms with Crippen molar-refractivity contribution in [3.8, 4) is 0 Å². The Balaban J connectivity index is 2.03. The van der Waals surface area contributed by atoms with Gasteiger partial charge in [-0.3, -0.25) is 4.57 Å². The van der Waals surface area contributed by atoms with E-state index in [-0.39, 0.29) is 12.8 Å². The predicted octanol–water partition coefficient (Wildman–Crippen LogP) is 4.43. The molecule has 1 atom stereocenters. The lowest BCUT2D eigenvalue weighted by molar-refractivity contribution is 0.203. The Morgan fingerprint density at radius 1 is 1.00 bits per heavy atom. The first-order valence-electron chi connectivity index (χ1n) is 6.59. The molecule has 105 valence electrons. The largest absolute Gasteiger partial charge is 0.335 e. The maximum atomic E-state index is 12.7. The second kappa shape index (κ2) is 7.39. The van der Waals surface area contributed by atoms with E-state index in [0.717, 1.165) is 11.1 Å². The molecule has 1 radical (unpaired) electrons. The van der Waals surface area contributed by atoms with Gasteiger partial charge in [0.25, 0.3) is 0 Å². The van der Waals surface area contributed by atoms with Crippen LogP contribution in [-0.4, -0.2) is 6.61 Å². The minimum atomic E-state index is -3.12. The molecule has 2 rings (SSSR count). The number of benzene rings is 2. The molecule has 0 aromatic heterocycles. The molecule has 4 heteroatoms. The smallest absolute Gasteiger partial charge is 0.309 e. The summed E-state index contributed by atoms with van der Waals surface area (Å²) < 4.78 is 23.7. The topological polar surface area (TPSA) is 35.5 Å². The zero-order valence-corrected chi connectivity index (χ0v) is 12.4. The fraction of sp³-hybridized carbons (Fsp3) is 0.250. The third-order valence-electron chi connectivity index (χ3n) is 2.76. The van der Waals surface area contributed by atoms with Crippen LogP contribution >= 0.6 is 7.60 Å². The average Bonchev–Trinajstić information content (AvgIpc) is 2.48. The number of hydrogen-bond acceptors (Lipinski definition) is 3. The second-order valence-electron chi connectivity index (χ2n) is 4.35. The monoisotopic (exact) mass is 289 g/mol. The van der Waals surface area contributed by atoms with Gasteiger partial charge >= 0.3 is 7.60 Å². The van der Waals surface area contributed by atoms with Gasteiger partial charge < -0.3 is 9.05 Å². The third kappa shape index (κ3) is 4.61. The molecule has 0 fully saturated rings. The maximum absolute atomic E-state index is 12.7. The van der Waals surface area contributed by atoms with Gasteiger partial charge in [0.05, 0.1) is 19.4 Å². The standard InChI is InChI=1S/C16H18O3P/c1-2-18-20(17,14-16-11-7-4-8-12-16)19-13-15-9-5-3-6-10-15/h3,5-12H,2,13-14H2,1H3. The van der Waals surface area contributed by atoms with Crippen LogP contribution in [-0.2, 0) is 26.4 Å². The summed E-state index contributed by atoms with van der Waals surface area (Å²) in [7, 11) is -3.12. The Morgan fingerprint density at radius 2 is 1.70 bits per heavy atom. The molecule has 0 saturated carbocycles. The van der Waals surface area contributed by atoms with Crippen LogP contribution in [0.15, 0.2) is 54.6 Å². The molecule has 0 aliphatic carbocycles. The van der Waals surface area contributed by atoms with Crippen LogP contribution in [0.3, 0.4) is 0 Å². The molecule has 1 unspecified atom stereocenters. The summed E-state index contributed by atoms with van der Waals surface area (Å²) in [6.45, 7) is 2.47. The zero-order chi connectivity index (χ0) is 14.3. The summed E-state index contributed by atoms with van der Waals surface area (Å²) >= 11 is 0. The van der Waals surface area contributed by atoms with Crippen molar-refractivity contribution in [3.05, 3.63) is 71.8 Å². The Hall–Kier alpha value is -1.41. The van der Waals surface area contributed by atoms with Crippen LogP contribution in [0.2, 0.25) is 0 Å². The van der Waals surface area contributed by atoms with Crippen molar-refractivity contribution in [1.29, 1.82) is 0 Å². The normalized spacial score (nSPS) is 13.8. The van der Waals surface area contributed by atoms with Gasteiger partial charge in [-0.25, -0.2) is 0 Å². The summed E-state index contributed by atoms with van der Waals surface area (Å²) in [5, 5.41) is 0. The molecule has 0 N–H and O–H groups in total. The van der Waals surface area contributed by atoms with E-state index in [0.29, 0.717) is 6.61 Å². The van der Waals surface area contributed by atoms with Crippen LogP contribution < -0.4 is 0 Å². The van der Waals surface area contributed by atoms with Gasteiger partial charge in [0, 0.05) is 0 Å². The lowest BCUT2D eigenvalue weighted by atomic mass is 10.2. The molecule has 0 aliphatic rings. The van der Waals surface area contributed by atoms with E-state index in [2.05, 4.69) is 6.07 Å². The molecule has 20 heavy (non-hydrogen) atoms. The fourth-order valence-electron chi connectivity index (χ4n) is 1.82. The minimum Gasteiger partial charge on any atom is -0.309 e. The van der Waals surface area contributed by atoms with Crippen LogP contribution in [0.5, 0.6) is 0 Å². The highest BCUT2D eigenvalue weighted by molar-refractivity contribution is 7.53. The molecule has 0 saturated heterocycles. The van der Waals surface area contributed by atoms with Crippen molar-refractivity contribution in [2.75, 3.05) is 6.61 Å². The minimum absolute atomic E-state index is 0.280. The van der Waals surface area contributed by atoms with Gasteiger partial charge in [0.15, 0.2) is 0 Å². The second-order valence-corrected chi connectivity index (χ2v) is 6.41. The zero-order valence-electron chi connectivity index (χ0n) is 11.5. The molecular formula is C16H18O3P. The summed E-state index contributed by atoms with van der Waals surface area (Å²) in [5.74, 6) is 0. The van der Waals surface area contributed by atoms with E-state index in [1.54, 1.807) is 12.1 Å². The lowest BCUT2D eigenvalue weighted by Gasteiger charge is -2.18. The van der Waals surface area contributed by atoms with E-state index >= 15 is 0 Å². The molecule has 0 bridgehead atoms. The molecule has 3 nitrogen and oxygen atoms in total. The molecule has 2 aromatic carbocycles. The summed E-state index contributed by atoms with van der Waals surface area (Å²) in [5.41, 5.74) is 1.91. The number of rotatable bonds is 7. The van der Waals surface area contributed by atoms with Gasteiger partial charge in [-0.2, -0.15) is 0 Å². The Morgan fingerprint density at radius 3 is 2.35 bits per heavy atom. The molecule has 0 amide bonds. The van der Waals surface area contributed by atoms with Gasteiger partial charge in [-0.05, 0) is 24.1 Å². The van der Waals surface area contributed by atoms with E-state index in [1.165, 1.54) is 0 Å². The van der Waals surface area contributed by atoms with Crippen molar-refractivity contribution in [2.45, 2.75) is 19.7 Å². The molecular weight excluding hydrogens is 271 g/mol. The Labute approximate surface area is 120 Å². The van der Waals surface area contributed by atoms with Gasteiger partial charge in [-0.15, -0.1) is 0 Å². The first kappa shape index (κ1) is 15.0. The van der Waals surface area contributed by atoms with E-state index in [1.807, 2.05) is 49.4 Å². The first-order chi connectivity index (χ1) is 9.72. The average molecular weight is 289 g/mol. The molecule has 0 aliphatic heterocycles. The molecule has 2 aromatic rings. The van der Waals surface area contributed by atoms with Crippen molar-refractivity contribution in [1.82, 2.24) is 0 Å². The van der Waals surface area contributed by atoms with E-state index in [9.17, 15) is 4.57 Å². The van der Waals surface area contributed by atoms with Gasteiger partial charge in [0.1, 0.15) is 0 Å². The van der Waals surface area contributed by atoms with Crippen molar-refractivity contribution >= 4 is 7.60 Å². The van der Waals surface area contributed by atoms with E-state index in [4.69, 9.17) is 9.05 Å².